The van der Waals surface area contributed by atoms with Gasteiger partial charge in [-0.3, -0.25) is 9.69 Å². The van der Waals surface area contributed by atoms with E-state index in [1.54, 1.807) is 6.07 Å². The van der Waals surface area contributed by atoms with Gasteiger partial charge in [0.05, 0.1) is 6.61 Å². The highest BCUT2D eigenvalue weighted by molar-refractivity contribution is 14.1. The van der Waals surface area contributed by atoms with Crippen molar-refractivity contribution in [2.24, 2.45) is 5.92 Å². The Morgan fingerprint density at radius 2 is 2.15 bits per heavy atom. The molecule has 1 aromatic carbocycles. The van der Waals surface area contributed by atoms with Gasteiger partial charge in [-0.05, 0) is 103 Å². The number of benzene rings is 1. The number of alkyl halides is 1. The van der Waals surface area contributed by atoms with E-state index in [9.17, 15) is 15.0 Å². The molecule has 1 saturated heterocycles. The van der Waals surface area contributed by atoms with Gasteiger partial charge in [0, 0.05) is 28.3 Å². The fourth-order valence-corrected chi connectivity index (χ4v) is 5.70. The summed E-state index contributed by atoms with van der Waals surface area (Å²) < 4.78 is 16.0. The number of fused-ring (bicyclic) bond motifs is 1. The second-order valence-electron chi connectivity index (χ2n) is 9.39. The first-order chi connectivity index (χ1) is 16.5. The number of aromatic nitrogens is 1. The minimum absolute atomic E-state index is 0.159. The molecule has 2 aliphatic heterocycles. The molecule has 3 heterocycles. The normalized spacial score (nSPS) is 19.9. The number of hydrogen-bond acceptors (Lipinski definition) is 5. The van der Waals surface area contributed by atoms with Crippen molar-refractivity contribution < 1.29 is 19.4 Å². The van der Waals surface area contributed by atoms with Crippen molar-refractivity contribution in [2.45, 2.75) is 63.8 Å². The van der Waals surface area contributed by atoms with Gasteiger partial charge in [-0.15, -0.1) is 0 Å². The summed E-state index contributed by atoms with van der Waals surface area (Å²) >= 11 is 2.15. The largest absolute Gasteiger partial charge is 0.480 e. The van der Waals surface area contributed by atoms with Crippen molar-refractivity contribution in [3.8, 4) is 0 Å². The van der Waals surface area contributed by atoms with E-state index in [1.807, 2.05) is 17.0 Å². The van der Waals surface area contributed by atoms with Gasteiger partial charge in [-0.1, -0.05) is 18.6 Å². The molecule has 3 N–H and O–H groups in total. The van der Waals surface area contributed by atoms with Gasteiger partial charge in [-0.2, -0.15) is 0 Å². The van der Waals surface area contributed by atoms with Crippen LogP contribution in [0.1, 0.15) is 60.5 Å². The predicted octanol–water partition coefficient (Wildman–Crippen LogP) is 4.74. The molecule has 1 aromatic heterocycles. The number of carbonyl (C=O) groups is 1. The van der Waals surface area contributed by atoms with E-state index in [1.165, 1.54) is 5.56 Å². The average molecular weight is 581 g/mol. The number of aliphatic hydroxyl groups excluding tert-OH is 1. The van der Waals surface area contributed by atoms with Gasteiger partial charge in [0.2, 0.25) is 0 Å². The molecule has 8 heteroatoms. The van der Waals surface area contributed by atoms with Gasteiger partial charge in [0.25, 0.3) is 0 Å². The lowest BCUT2D eigenvalue weighted by atomic mass is 9.97. The van der Waals surface area contributed by atoms with Crippen LogP contribution in [0.25, 0.3) is 0 Å². The molecule has 0 spiro atoms. The molecule has 3 unspecified atom stereocenters. The van der Waals surface area contributed by atoms with Crippen LogP contribution < -0.4 is 5.32 Å². The molecule has 0 amide bonds. The van der Waals surface area contributed by atoms with Crippen molar-refractivity contribution in [1.82, 2.24) is 9.88 Å². The molecule has 3 atom stereocenters. The fraction of sp³-hybridized carbons (Fsp3) is 0.538. The third-order valence-corrected chi connectivity index (χ3v) is 7.73. The minimum atomic E-state index is -0.959. The molecular weight excluding hydrogens is 548 g/mol. The maximum atomic E-state index is 15.1. The molecule has 2 aromatic rings. The molecule has 0 radical (unpaired) electrons. The van der Waals surface area contributed by atoms with Crippen LogP contribution in [-0.4, -0.2) is 51.9 Å². The Labute approximate surface area is 214 Å². The van der Waals surface area contributed by atoms with E-state index < -0.39 is 18.2 Å². The van der Waals surface area contributed by atoms with Gasteiger partial charge in [0.15, 0.2) is 0 Å². The zero-order valence-corrected chi connectivity index (χ0v) is 21.5. The Morgan fingerprint density at radius 3 is 2.94 bits per heavy atom. The third-order valence-electron chi connectivity index (χ3n) is 7.05. The van der Waals surface area contributed by atoms with Crippen molar-refractivity contribution in [3.05, 3.63) is 56.3 Å². The lowest BCUT2D eigenvalue weighted by molar-refractivity contribution is -0.143. The van der Waals surface area contributed by atoms with Crippen LogP contribution >= 0.6 is 22.6 Å². The number of likely N-dealkylation sites (tertiary alicyclic amines) is 1. The Hall–Kier alpha value is -1.78. The number of unbranched alkanes of at least 4 members (excludes halogenated alkanes) is 1. The SMILES string of the molecule is O=C(O)C(c1cc(I)ccc1CO)N1CCC(C(F)CCCCc2ccc3c(n2)NCCC3)C1. The summed E-state index contributed by atoms with van der Waals surface area (Å²) in [6, 6.07) is 8.82. The van der Waals surface area contributed by atoms with Crippen molar-refractivity contribution in [1.29, 1.82) is 0 Å². The summed E-state index contributed by atoms with van der Waals surface area (Å²) in [7, 11) is 0. The maximum Gasteiger partial charge on any atom is 0.325 e. The first-order valence-corrected chi connectivity index (χ1v) is 13.3. The third kappa shape index (κ3) is 6.07. The minimum Gasteiger partial charge on any atom is -0.480 e. The second kappa shape index (κ2) is 11.8. The molecule has 2 aliphatic rings. The van der Waals surface area contributed by atoms with Crippen LogP contribution in [0.2, 0.25) is 0 Å². The van der Waals surface area contributed by atoms with Crippen molar-refractivity contribution in [3.63, 3.8) is 0 Å². The first kappa shape index (κ1) is 25.3. The van der Waals surface area contributed by atoms with Crippen LogP contribution in [0, 0.1) is 9.49 Å². The van der Waals surface area contributed by atoms with E-state index in [0.29, 0.717) is 37.1 Å². The smallest absolute Gasteiger partial charge is 0.325 e. The lowest BCUT2D eigenvalue weighted by Gasteiger charge is -2.27. The number of rotatable bonds is 10. The Bertz CT molecular complexity index is 1010. The Kier molecular flexibility index (Phi) is 8.76. The van der Waals surface area contributed by atoms with Crippen LogP contribution in [0.3, 0.4) is 0 Å². The number of aryl methyl sites for hydroxylation is 2. The van der Waals surface area contributed by atoms with Gasteiger partial charge < -0.3 is 15.5 Å². The Balaban J connectivity index is 1.28. The molecule has 184 valence electrons. The number of carboxylic acid groups (broad SMARTS) is 1. The topological polar surface area (TPSA) is 85.7 Å². The summed E-state index contributed by atoms with van der Waals surface area (Å²) in [6.07, 6.45) is 4.95. The highest BCUT2D eigenvalue weighted by Crippen LogP contribution is 2.34. The molecule has 6 nitrogen and oxygen atoms in total. The summed E-state index contributed by atoms with van der Waals surface area (Å²) in [4.78, 5) is 18.7. The number of carboxylic acids is 1. The number of anilines is 1. The zero-order chi connectivity index (χ0) is 24.1. The van der Waals surface area contributed by atoms with Gasteiger partial charge in [0.1, 0.15) is 18.0 Å². The average Bonchev–Trinajstić information content (AvgIpc) is 3.31. The predicted molar refractivity (Wildman–Crippen MR) is 139 cm³/mol. The molecular formula is C26H33FIN3O3. The summed E-state index contributed by atoms with van der Waals surface area (Å²) in [6.45, 7) is 1.73. The van der Waals surface area contributed by atoms with E-state index in [-0.39, 0.29) is 12.5 Å². The number of nitrogens with one attached hydrogen (secondary N) is 1. The highest BCUT2D eigenvalue weighted by Gasteiger charge is 2.37. The molecule has 0 aliphatic carbocycles. The first-order valence-electron chi connectivity index (χ1n) is 12.2. The second-order valence-corrected chi connectivity index (χ2v) is 10.6. The number of aliphatic carboxylic acids is 1. The van der Waals surface area contributed by atoms with Crippen LogP contribution in [-0.2, 0) is 24.2 Å². The molecule has 4 rings (SSSR count). The van der Waals surface area contributed by atoms with E-state index >= 15 is 4.39 Å². The number of nitrogens with zero attached hydrogens (tertiary/aromatic N) is 2. The van der Waals surface area contributed by atoms with E-state index in [2.05, 4.69) is 40.0 Å². The number of hydrogen-bond donors (Lipinski definition) is 3. The number of halogens is 2. The fourth-order valence-electron chi connectivity index (χ4n) is 5.18. The molecule has 1 fully saturated rings. The van der Waals surface area contributed by atoms with E-state index in [0.717, 1.165) is 53.7 Å². The standard InChI is InChI=1S/C26H33FIN3O3/c27-23(6-2-1-5-21-10-8-17-4-3-12-29-25(17)30-21)18-11-13-31(15-18)24(26(33)34)22-14-20(28)9-7-19(22)16-32/h7-10,14,18,23-24,32H,1-6,11-13,15-16H2,(H,29,30)(H,33,34). The molecule has 0 bridgehead atoms. The quantitative estimate of drug-likeness (QED) is 0.278. The van der Waals surface area contributed by atoms with E-state index in [4.69, 9.17) is 4.98 Å². The van der Waals surface area contributed by atoms with Gasteiger partial charge >= 0.3 is 5.97 Å². The van der Waals surface area contributed by atoms with Crippen LogP contribution in [0.4, 0.5) is 10.2 Å². The van der Waals surface area contributed by atoms with Crippen LogP contribution in [0.15, 0.2) is 30.3 Å². The summed E-state index contributed by atoms with van der Waals surface area (Å²) in [5, 5.41) is 23.0. The monoisotopic (exact) mass is 581 g/mol. The zero-order valence-electron chi connectivity index (χ0n) is 19.4. The highest BCUT2D eigenvalue weighted by atomic mass is 127. The van der Waals surface area contributed by atoms with Crippen molar-refractivity contribution in [2.75, 3.05) is 25.0 Å². The lowest BCUT2D eigenvalue weighted by Crippen LogP contribution is -2.34. The van der Waals surface area contributed by atoms with Crippen molar-refractivity contribution >= 4 is 34.4 Å². The number of pyridine rings is 1. The maximum absolute atomic E-state index is 15.1. The van der Waals surface area contributed by atoms with Crippen LogP contribution in [0.5, 0.6) is 0 Å². The Morgan fingerprint density at radius 1 is 1.29 bits per heavy atom. The molecule has 0 saturated carbocycles. The number of aliphatic hydroxyl groups is 1. The van der Waals surface area contributed by atoms with Gasteiger partial charge in [-0.25, -0.2) is 9.37 Å². The summed E-state index contributed by atoms with van der Waals surface area (Å²) in [5.74, 6) is -0.114. The molecule has 34 heavy (non-hydrogen) atoms. The summed E-state index contributed by atoms with van der Waals surface area (Å²) in [5.41, 5.74) is 3.54.